The van der Waals surface area contributed by atoms with Gasteiger partial charge in [0.05, 0.1) is 11.0 Å². The molecule has 146 valence electrons. The Hall–Kier alpha value is -3.28. The molecule has 0 saturated heterocycles. The van der Waals surface area contributed by atoms with Gasteiger partial charge in [-0.2, -0.15) is 0 Å². The highest BCUT2D eigenvalue weighted by molar-refractivity contribution is 5.99. The lowest BCUT2D eigenvalue weighted by molar-refractivity contribution is 0.0904. The Kier molecular flexibility index (Phi) is 5.25. The van der Waals surface area contributed by atoms with E-state index >= 15 is 0 Å². The molecule has 0 unspecified atom stereocenters. The molecule has 0 atom stereocenters. The number of nitrogens with zero attached hydrogens (tertiary/aromatic N) is 2. The van der Waals surface area contributed by atoms with Crippen molar-refractivity contribution in [1.29, 1.82) is 0 Å². The van der Waals surface area contributed by atoms with Crippen LogP contribution >= 0.6 is 0 Å². The number of aromatic amines is 1. The zero-order valence-corrected chi connectivity index (χ0v) is 16.5. The molecule has 0 aliphatic rings. The molecule has 2 N–H and O–H groups in total. The molecule has 0 saturated carbocycles. The average Bonchev–Trinajstić information content (AvgIpc) is 3.17. The molecule has 4 rings (SSSR count). The van der Waals surface area contributed by atoms with Gasteiger partial charge in [0.25, 0.3) is 0 Å². The molecular weight excluding hydrogens is 362 g/mol. The molecule has 1 aromatic heterocycles. The number of rotatable bonds is 6. The van der Waals surface area contributed by atoms with Crippen LogP contribution in [0.25, 0.3) is 33.5 Å². The van der Waals surface area contributed by atoms with E-state index < -0.39 is 6.61 Å². The minimum Gasteiger partial charge on any atom is -0.388 e. The van der Waals surface area contributed by atoms with Crippen LogP contribution in [0.4, 0.5) is 0 Å². The lowest BCUT2D eigenvalue weighted by Crippen LogP contribution is -2.10. The fraction of sp³-hybridized carbons (Fsp3) is 0.167. The predicted octanol–water partition coefficient (Wildman–Crippen LogP) is 4.13. The van der Waals surface area contributed by atoms with Gasteiger partial charge in [0, 0.05) is 17.7 Å². The molecule has 0 spiro atoms. The minimum atomic E-state index is -0.496. The number of ketones is 1. The maximum absolute atomic E-state index is 11.7. The van der Waals surface area contributed by atoms with Crippen molar-refractivity contribution < 1.29 is 9.90 Å². The molecule has 0 fully saturated rings. The number of hydrogen-bond acceptors (Lipinski definition) is 4. The molecule has 5 nitrogen and oxygen atoms in total. The molecule has 0 amide bonds. The molecule has 5 heteroatoms. The fourth-order valence-corrected chi connectivity index (χ4v) is 3.40. The molecule has 0 radical (unpaired) electrons. The zero-order chi connectivity index (χ0) is 20.4. The van der Waals surface area contributed by atoms with Crippen LogP contribution in [-0.4, -0.2) is 46.5 Å². The molecule has 0 aliphatic heterocycles. The Bertz CT molecular complexity index is 1140. The summed E-state index contributed by atoms with van der Waals surface area (Å²) in [5.74, 6) is 0.450. The lowest BCUT2D eigenvalue weighted by atomic mass is 10.0. The van der Waals surface area contributed by atoms with E-state index in [2.05, 4.69) is 65.4 Å². The number of Topliss-reactive ketones (excluding diaryl/α,β-unsaturated/α-hetero) is 1. The Balaban J connectivity index is 1.58. The Morgan fingerprint density at radius 3 is 2.17 bits per heavy atom. The second kappa shape index (κ2) is 7.99. The maximum Gasteiger partial charge on any atom is 0.188 e. The first-order valence-electron chi connectivity index (χ1n) is 9.52. The third-order valence-corrected chi connectivity index (χ3v) is 4.89. The van der Waals surface area contributed by atoms with E-state index in [1.807, 2.05) is 12.1 Å². The van der Waals surface area contributed by atoms with Crippen molar-refractivity contribution in [2.75, 3.05) is 20.7 Å². The van der Waals surface area contributed by atoms with Crippen molar-refractivity contribution in [2.45, 2.75) is 6.54 Å². The van der Waals surface area contributed by atoms with Crippen molar-refractivity contribution >= 4 is 16.8 Å². The largest absolute Gasteiger partial charge is 0.388 e. The number of carbonyl (C=O) groups excluding carboxylic acids is 1. The summed E-state index contributed by atoms with van der Waals surface area (Å²) in [5, 5.41) is 9.04. The molecule has 29 heavy (non-hydrogen) atoms. The van der Waals surface area contributed by atoms with Crippen LogP contribution in [0.15, 0.2) is 66.7 Å². The summed E-state index contributed by atoms with van der Waals surface area (Å²) in [7, 11) is 4.13. The van der Waals surface area contributed by atoms with Crippen LogP contribution in [0, 0.1) is 0 Å². The van der Waals surface area contributed by atoms with Crippen molar-refractivity contribution in [3.8, 4) is 22.5 Å². The first-order valence-corrected chi connectivity index (χ1v) is 9.52. The van der Waals surface area contributed by atoms with Crippen molar-refractivity contribution in [1.82, 2.24) is 14.9 Å². The number of benzene rings is 3. The van der Waals surface area contributed by atoms with E-state index in [4.69, 9.17) is 5.11 Å². The van der Waals surface area contributed by atoms with E-state index in [1.54, 1.807) is 18.2 Å². The smallest absolute Gasteiger partial charge is 0.188 e. The van der Waals surface area contributed by atoms with Gasteiger partial charge in [0.1, 0.15) is 12.4 Å². The molecule has 3 aromatic carbocycles. The quantitative estimate of drug-likeness (QED) is 0.490. The van der Waals surface area contributed by atoms with Crippen LogP contribution in [0.3, 0.4) is 0 Å². The number of H-pyrrole nitrogens is 1. The SMILES string of the molecule is CN(C)Cc1ccc(-c2ccc(-c3nc4ccc(C(=O)CO)cc4[nH]3)cc2)cc1. The normalized spacial score (nSPS) is 11.3. The van der Waals surface area contributed by atoms with Gasteiger partial charge in [-0.15, -0.1) is 0 Å². The van der Waals surface area contributed by atoms with Crippen LogP contribution in [0.1, 0.15) is 15.9 Å². The molecule has 0 bridgehead atoms. The second-order valence-electron chi connectivity index (χ2n) is 7.41. The highest BCUT2D eigenvalue weighted by Crippen LogP contribution is 2.26. The Morgan fingerprint density at radius 2 is 1.55 bits per heavy atom. The summed E-state index contributed by atoms with van der Waals surface area (Å²) in [6, 6.07) is 22.1. The topological polar surface area (TPSA) is 69.2 Å². The number of aliphatic hydroxyl groups excluding tert-OH is 1. The summed E-state index contributed by atoms with van der Waals surface area (Å²) in [6.07, 6.45) is 0. The van der Waals surface area contributed by atoms with Gasteiger partial charge in [0.15, 0.2) is 5.78 Å². The summed E-state index contributed by atoms with van der Waals surface area (Å²) >= 11 is 0. The maximum atomic E-state index is 11.7. The van der Waals surface area contributed by atoms with Crippen molar-refractivity contribution in [3.05, 3.63) is 77.9 Å². The summed E-state index contributed by atoms with van der Waals surface area (Å²) in [4.78, 5) is 21.7. The van der Waals surface area contributed by atoms with Crippen LogP contribution in [0.5, 0.6) is 0 Å². The molecule has 0 aliphatic carbocycles. The number of aliphatic hydroxyl groups is 1. The summed E-state index contributed by atoms with van der Waals surface area (Å²) in [5.41, 5.74) is 6.63. The lowest BCUT2D eigenvalue weighted by Gasteiger charge is -2.10. The minimum absolute atomic E-state index is 0.302. The van der Waals surface area contributed by atoms with Gasteiger partial charge in [-0.25, -0.2) is 4.98 Å². The van der Waals surface area contributed by atoms with Gasteiger partial charge >= 0.3 is 0 Å². The first-order chi connectivity index (χ1) is 14.0. The fourth-order valence-electron chi connectivity index (χ4n) is 3.40. The summed E-state index contributed by atoms with van der Waals surface area (Å²) in [6.45, 7) is 0.432. The Labute approximate surface area is 169 Å². The van der Waals surface area contributed by atoms with E-state index in [0.29, 0.717) is 5.56 Å². The number of carbonyl (C=O) groups is 1. The molecular formula is C24H23N3O2. The second-order valence-corrected chi connectivity index (χ2v) is 7.41. The number of aromatic nitrogens is 2. The third kappa shape index (κ3) is 4.11. The first kappa shape index (κ1) is 19.1. The summed E-state index contributed by atoms with van der Waals surface area (Å²) < 4.78 is 0. The highest BCUT2D eigenvalue weighted by atomic mass is 16.3. The van der Waals surface area contributed by atoms with Gasteiger partial charge in [0.2, 0.25) is 0 Å². The van der Waals surface area contributed by atoms with Gasteiger partial charge in [-0.1, -0.05) is 48.5 Å². The van der Waals surface area contributed by atoms with E-state index in [9.17, 15) is 4.79 Å². The Morgan fingerprint density at radius 1 is 0.931 bits per heavy atom. The van der Waals surface area contributed by atoms with E-state index in [1.165, 1.54) is 11.1 Å². The molecule has 1 heterocycles. The standard InChI is InChI=1S/C24H23N3O2/c1-27(2)14-16-3-5-17(6-4-16)18-7-9-19(10-8-18)24-25-21-12-11-20(23(29)15-28)13-22(21)26-24/h3-13,28H,14-15H2,1-2H3,(H,25,26). The molecule has 4 aromatic rings. The van der Waals surface area contributed by atoms with Gasteiger partial charge in [-0.3, -0.25) is 4.79 Å². The monoisotopic (exact) mass is 385 g/mol. The van der Waals surface area contributed by atoms with Gasteiger partial charge in [-0.05, 0) is 49.0 Å². The van der Waals surface area contributed by atoms with E-state index in [0.717, 1.165) is 34.5 Å². The van der Waals surface area contributed by atoms with Crippen LogP contribution < -0.4 is 0 Å². The van der Waals surface area contributed by atoms with Crippen LogP contribution in [0.2, 0.25) is 0 Å². The number of hydrogen-bond donors (Lipinski definition) is 2. The van der Waals surface area contributed by atoms with Crippen molar-refractivity contribution in [3.63, 3.8) is 0 Å². The zero-order valence-electron chi connectivity index (χ0n) is 16.5. The number of imidazole rings is 1. The average molecular weight is 385 g/mol. The highest BCUT2D eigenvalue weighted by Gasteiger charge is 2.10. The van der Waals surface area contributed by atoms with Crippen molar-refractivity contribution in [2.24, 2.45) is 0 Å². The van der Waals surface area contributed by atoms with E-state index in [-0.39, 0.29) is 5.78 Å². The number of fused-ring (bicyclic) bond motifs is 1. The number of nitrogens with one attached hydrogen (secondary N) is 1. The third-order valence-electron chi connectivity index (χ3n) is 4.89. The van der Waals surface area contributed by atoms with Gasteiger partial charge < -0.3 is 15.0 Å². The predicted molar refractivity (Wildman–Crippen MR) is 116 cm³/mol. The van der Waals surface area contributed by atoms with Crippen LogP contribution in [-0.2, 0) is 6.54 Å².